The van der Waals surface area contributed by atoms with Crippen molar-refractivity contribution in [3.05, 3.63) is 33.6 Å². The topological polar surface area (TPSA) is 12.0 Å². The molecule has 1 nitrogen and oxygen atoms in total. The maximum Gasteiger partial charge on any atom is 0.0487 e. The van der Waals surface area contributed by atoms with Gasteiger partial charge in [-0.15, -0.1) is 11.3 Å². The lowest BCUT2D eigenvalue weighted by Crippen LogP contribution is -2.21. The van der Waals surface area contributed by atoms with E-state index in [1.54, 1.807) is 0 Å². The fourth-order valence-corrected chi connectivity index (χ4v) is 3.54. The SMILES string of the molecule is CC(C)CNCCc1csc2c(Br)cccc12. The Kier molecular flexibility index (Phi) is 4.60. The van der Waals surface area contributed by atoms with Crippen molar-refractivity contribution < 1.29 is 0 Å². The quantitative estimate of drug-likeness (QED) is 0.804. The van der Waals surface area contributed by atoms with E-state index in [1.165, 1.54) is 20.1 Å². The third-order valence-electron chi connectivity index (χ3n) is 2.76. The van der Waals surface area contributed by atoms with Gasteiger partial charge in [0.05, 0.1) is 0 Å². The molecule has 0 fully saturated rings. The van der Waals surface area contributed by atoms with Crippen LogP contribution < -0.4 is 5.32 Å². The zero-order chi connectivity index (χ0) is 12.3. The number of hydrogen-bond donors (Lipinski definition) is 1. The van der Waals surface area contributed by atoms with Crippen molar-refractivity contribution >= 4 is 37.4 Å². The van der Waals surface area contributed by atoms with Gasteiger partial charge < -0.3 is 5.32 Å². The number of fused-ring (bicyclic) bond motifs is 1. The first kappa shape index (κ1) is 13.1. The minimum atomic E-state index is 0.725. The number of halogens is 1. The summed E-state index contributed by atoms with van der Waals surface area (Å²) in [5, 5.41) is 7.18. The van der Waals surface area contributed by atoms with Crippen molar-refractivity contribution in [3.63, 3.8) is 0 Å². The highest BCUT2D eigenvalue weighted by molar-refractivity contribution is 9.10. The summed E-state index contributed by atoms with van der Waals surface area (Å²) in [5.41, 5.74) is 1.46. The van der Waals surface area contributed by atoms with Gasteiger partial charge in [-0.3, -0.25) is 0 Å². The summed E-state index contributed by atoms with van der Waals surface area (Å²) in [6, 6.07) is 6.44. The third-order valence-corrected chi connectivity index (χ3v) is 4.76. The molecule has 0 atom stereocenters. The fraction of sp³-hybridized carbons (Fsp3) is 0.429. The predicted molar refractivity (Wildman–Crippen MR) is 80.9 cm³/mol. The molecule has 0 amide bonds. The summed E-state index contributed by atoms with van der Waals surface area (Å²) in [5.74, 6) is 0.725. The number of hydrogen-bond acceptors (Lipinski definition) is 2. The van der Waals surface area contributed by atoms with Crippen LogP contribution in [-0.2, 0) is 6.42 Å². The monoisotopic (exact) mass is 311 g/mol. The first-order valence-electron chi connectivity index (χ1n) is 6.04. The molecular formula is C14H18BrNS. The second-order valence-corrected chi connectivity index (χ2v) is 6.46. The lowest BCUT2D eigenvalue weighted by atomic mass is 10.1. The summed E-state index contributed by atoms with van der Waals surface area (Å²) < 4.78 is 2.58. The molecule has 2 aromatic rings. The van der Waals surface area contributed by atoms with Crippen molar-refractivity contribution in [3.8, 4) is 0 Å². The van der Waals surface area contributed by atoms with Crippen LogP contribution >= 0.6 is 27.3 Å². The van der Waals surface area contributed by atoms with Gasteiger partial charge in [0.15, 0.2) is 0 Å². The van der Waals surface area contributed by atoms with E-state index in [1.807, 2.05) is 11.3 Å². The molecule has 0 aliphatic heterocycles. The summed E-state index contributed by atoms with van der Waals surface area (Å²) >= 11 is 5.44. The Labute approximate surface area is 115 Å². The lowest BCUT2D eigenvalue weighted by Gasteiger charge is -2.06. The highest BCUT2D eigenvalue weighted by atomic mass is 79.9. The summed E-state index contributed by atoms with van der Waals surface area (Å²) in [4.78, 5) is 0. The highest BCUT2D eigenvalue weighted by Gasteiger charge is 2.05. The van der Waals surface area contributed by atoms with E-state index < -0.39 is 0 Å². The number of thiophene rings is 1. The largest absolute Gasteiger partial charge is 0.316 e. The van der Waals surface area contributed by atoms with Crippen LogP contribution in [0.4, 0.5) is 0 Å². The molecule has 0 aliphatic rings. The van der Waals surface area contributed by atoms with Crippen LogP contribution in [0.15, 0.2) is 28.1 Å². The van der Waals surface area contributed by atoms with Gasteiger partial charge >= 0.3 is 0 Å². The van der Waals surface area contributed by atoms with Crippen molar-refractivity contribution in [1.29, 1.82) is 0 Å². The van der Waals surface area contributed by atoms with Gasteiger partial charge in [0.1, 0.15) is 0 Å². The molecule has 0 unspecified atom stereocenters. The molecule has 1 aromatic heterocycles. The van der Waals surface area contributed by atoms with Gasteiger partial charge in [0.25, 0.3) is 0 Å². The van der Waals surface area contributed by atoms with Crippen LogP contribution in [0.3, 0.4) is 0 Å². The number of benzene rings is 1. The molecule has 0 spiro atoms. The highest BCUT2D eigenvalue weighted by Crippen LogP contribution is 2.32. The second kappa shape index (κ2) is 5.98. The van der Waals surface area contributed by atoms with E-state index in [0.29, 0.717) is 0 Å². The zero-order valence-corrected chi connectivity index (χ0v) is 12.7. The van der Waals surface area contributed by atoms with Gasteiger partial charge in [-0.2, -0.15) is 0 Å². The van der Waals surface area contributed by atoms with Crippen LogP contribution in [0, 0.1) is 5.92 Å². The van der Waals surface area contributed by atoms with Crippen LogP contribution in [0.5, 0.6) is 0 Å². The maximum absolute atomic E-state index is 3.61. The Morgan fingerprint density at radius 1 is 1.35 bits per heavy atom. The molecule has 0 aliphatic carbocycles. The van der Waals surface area contributed by atoms with Gasteiger partial charge in [-0.25, -0.2) is 0 Å². The number of nitrogens with one attached hydrogen (secondary N) is 1. The van der Waals surface area contributed by atoms with Gasteiger partial charge in [0.2, 0.25) is 0 Å². The van der Waals surface area contributed by atoms with E-state index in [9.17, 15) is 0 Å². The molecule has 3 heteroatoms. The molecule has 1 aromatic carbocycles. The smallest absolute Gasteiger partial charge is 0.0487 e. The Morgan fingerprint density at radius 3 is 2.94 bits per heavy atom. The second-order valence-electron chi connectivity index (χ2n) is 4.73. The molecule has 1 N–H and O–H groups in total. The van der Waals surface area contributed by atoms with Gasteiger partial charge in [0, 0.05) is 9.17 Å². The van der Waals surface area contributed by atoms with E-state index >= 15 is 0 Å². The van der Waals surface area contributed by atoms with Crippen LogP contribution in [0.2, 0.25) is 0 Å². The number of rotatable bonds is 5. The van der Waals surface area contributed by atoms with Crippen LogP contribution in [0.25, 0.3) is 10.1 Å². The lowest BCUT2D eigenvalue weighted by molar-refractivity contribution is 0.555. The van der Waals surface area contributed by atoms with Crippen LogP contribution in [-0.4, -0.2) is 13.1 Å². The average Bonchev–Trinajstić information content (AvgIpc) is 2.69. The van der Waals surface area contributed by atoms with Crippen molar-refractivity contribution in [2.45, 2.75) is 20.3 Å². The summed E-state index contributed by atoms with van der Waals surface area (Å²) in [6.45, 7) is 6.65. The Bertz CT molecular complexity index is 490. The van der Waals surface area contributed by atoms with E-state index in [-0.39, 0.29) is 0 Å². The summed E-state index contributed by atoms with van der Waals surface area (Å²) in [6.07, 6.45) is 1.11. The Balaban J connectivity index is 2.02. The minimum Gasteiger partial charge on any atom is -0.316 e. The van der Waals surface area contributed by atoms with Crippen molar-refractivity contribution in [2.75, 3.05) is 13.1 Å². The first-order chi connectivity index (χ1) is 8.18. The molecule has 17 heavy (non-hydrogen) atoms. The molecule has 92 valence electrons. The normalized spacial score (nSPS) is 11.5. The predicted octanol–water partition coefficient (Wildman–Crippen LogP) is 4.45. The standard InChI is InChI=1S/C14H18BrNS/c1-10(2)8-16-7-6-11-9-17-14-12(11)4-3-5-13(14)15/h3-5,9-10,16H,6-8H2,1-2H3. The molecule has 0 radical (unpaired) electrons. The molecule has 0 saturated heterocycles. The first-order valence-corrected chi connectivity index (χ1v) is 7.71. The molecule has 2 rings (SSSR count). The fourth-order valence-electron chi connectivity index (χ4n) is 1.88. The van der Waals surface area contributed by atoms with Crippen molar-refractivity contribution in [2.24, 2.45) is 5.92 Å². The molecule has 1 heterocycles. The third kappa shape index (κ3) is 3.30. The van der Waals surface area contributed by atoms with E-state index in [4.69, 9.17) is 0 Å². The van der Waals surface area contributed by atoms with Gasteiger partial charge in [-0.1, -0.05) is 26.0 Å². The minimum absolute atomic E-state index is 0.725. The van der Waals surface area contributed by atoms with E-state index in [2.05, 4.69) is 58.7 Å². The molecular weight excluding hydrogens is 294 g/mol. The zero-order valence-electron chi connectivity index (χ0n) is 10.3. The average molecular weight is 312 g/mol. The van der Waals surface area contributed by atoms with E-state index in [0.717, 1.165) is 25.4 Å². The molecule has 0 saturated carbocycles. The van der Waals surface area contributed by atoms with Crippen LogP contribution in [0.1, 0.15) is 19.4 Å². The van der Waals surface area contributed by atoms with Gasteiger partial charge in [-0.05, 0) is 63.8 Å². The van der Waals surface area contributed by atoms with Crippen molar-refractivity contribution in [1.82, 2.24) is 5.32 Å². The molecule has 0 bridgehead atoms. The Hall–Kier alpha value is -0.380. The Morgan fingerprint density at radius 2 is 2.18 bits per heavy atom. The summed E-state index contributed by atoms with van der Waals surface area (Å²) in [7, 11) is 0. The maximum atomic E-state index is 3.61.